The van der Waals surface area contributed by atoms with Gasteiger partial charge in [-0.2, -0.15) is 13.2 Å². The molecule has 3 nitrogen and oxygen atoms in total. The topological polar surface area (TPSA) is 51.8 Å². The van der Waals surface area contributed by atoms with Gasteiger partial charge in [-0.15, -0.1) is 0 Å². The number of aryl methyl sites for hydroxylation is 2. The third-order valence-electron chi connectivity index (χ3n) is 3.01. The number of hydrogen-bond donors (Lipinski definition) is 1. The van der Waals surface area contributed by atoms with E-state index in [1.165, 1.54) is 6.07 Å². The van der Waals surface area contributed by atoms with Crippen LogP contribution >= 0.6 is 0 Å². The molecule has 0 radical (unpaired) electrons. The minimum atomic E-state index is -4.35. The third kappa shape index (κ3) is 2.96. The molecule has 0 fully saturated rings. The predicted octanol–water partition coefficient (Wildman–Crippen LogP) is 3.16. The fourth-order valence-corrected chi connectivity index (χ4v) is 1.90. The summed E-state index contributed by atoms with van der Waals surface area (Å²) in [6.45, 7) is 3.44. The Morgan fingerprint density at radius 1 is 1.10 bits per heavy atom. The monoisotopic (exact) mass is 281 g/mol. The Morgan fingerprint density at radius 3 is 2.20 bits per heavy atom. The molecule has 0 bridgehead atoms. The van der Waals surface area contributed by atoms with Crippen molar-refractivity contribution in [2.24, 2.45) is 5.73 Å². The number of aromatic nitrogens is 2. The molecule has 6 heteroatoms. The lowest BCUT2D eigenvalue weighted by atomic mass is 9.98. The van der Waals surface area contributed by atoms with Crippen molar-refractivity contribution < 1.29 is 13.2 Å². The van der Waals surface area contributed by atoms with Crippen LogP contribution < -0.4 is 5.73 Å². The first-order valence-corrected chi connectivity index (χ1v) is 6.01. The van der Waals surface area contributed by atoms with E-state index in [1.54, 1.807) is 19.3 Å². The lowest BCUT2D eigenvalue weighted by Crippen LogP contribution is -2.17. The molecule has 2 aromatic rings. The molecule has 0 saturated carbocycles. The third-order valence-corrected chi connectivity index (χ3v) is 3.01. The fraction of sp³-hybridized carbons (Fsp3) is 0.286. The lowest BCUT2D eigenvalue weighted by Gasteiger charge is -2.15. The Hall–Kier alpha value is -1.95. The predicted molar refractivity (Wildman–Crippen MR) is 69.0 cm³/mol. The van der Waals surface area contributed by atoms with Crippen molar-refractivity contribution in [3.8, 4) is 0 Å². The Balaban J connectivity index is 2.36. The van der Waals surface area contributed by atoms with Crippen molar-refractivity contribution in [1.82, 2.24) is 9.97 Å². The number of hydrogen-bond acceptors (Lipinski definition) is 3. The van der Waals surface area contributed by atoms with E-state index in [4.69, 9.17) is 5.73 Å². The molecular formula is C14H14F3N3. The maximum Gasteiger partial charge on any atom is 0.416 e. The zero-order valence-electron chi connectivity index (χ0n) is 11.1. The Labute approximate surface area is 114 Å². The van der Waals surface area contributed by atoms with Gasteiger partial charge in [-0.1, -0.05) is 6.07 Å². The van der Waals surface area contributed by atoms with E-state index >= 15 is 0 Å². The second-order valence-electron chi connectivity index (χ2n) is 4.67. The van der Waals surface area contributed by atoms with Gasteiger partial charge < -0.3 is 5.73 Å². The van der Waals surface area contributed by atoms with Gasteiger partial charge in [0, 0.05) is 12.4 Å². The summed E-state index contributed by atoms with van der Waals surface area (Å²) in [7, 11) is 0. The molecular weight excluding hydrogens is 267 g/mol. The van der Waals surface area contributed by atoms with Crippen LogP contribution in [0.15, 0.2) is 30.6 Å². The highest BCUT2D eigenvalue weighted by Crippen LogP contribution is 2.31. The Bertz CT molecular complexity index is 606. The molecule has 0 aliphatic rings. The van der Waals surface area contributed by atoms with Gasteiger partial charge in [-0.05, 0) is 42.7 Å². The minimum Gasteiger partial charge on any atom is -0.318 e. The number of nitrogens with zero attached hydrogens (tertiary/aromatic N) is 2. The first kappa shape index (κ1) is 14.5. The second kappa shape index (κ2) is 5.20. The van der Waals surface area contributed by atoms with E-state index in [0.717, 1.165) is 17.7 Å². The summed E-state index contributed by atoms with van der Waals surface area (Å²) in [6.07, 6.45) is -1.10. The number of alkyl halides is 3. The molecule has 2 N–H and O–H groups in total. The molecule has 0 spiro atoms. The van der Waals surface area contributed by atoms with Crippen molar-refractivity contribution in [3.63, 3.8) is 0 Å². The van der Waals surface area contributed by atoms with Gasteiger partial charge in [0.15, 0.2) is 0 Å². The van der Waals surface area contributed by atoms with E-state index in [9.17, 15) is 13.2 Å². The standard InChI is InChI=1S/C14H14F3N3/c1-8-6-19-13(20-7-8)12(18)11-4-3-10(5-9(11)2)14(15,16)17/h3-7,12H,18H2,1-2H3. The van der Waals surface area contributed by atoms with Crippen LogP contribution in [0.2, 0.25) is 0 Å². The first-order valence-electron chi connectivity index (χ1n) is 6.01. The summed E-state index contributed by atoms with van der Waals surface area (Å²) in [5.74, 6) is 0.387. The normalized spacial score (nSPS) is 13.3. The van der Waals surface area contributed by atoms with E-state index in [1.807, 2.05) is 6.92 Å². The van der Waals surface area contributed by atoms with Crippen LogP contribution in [0.25, 0.3) is 0 Å². The summed E-state index contributed by atoms with van der Waals surface area (Å²) in [5.41, 5.74) is 7.28. The van der Waals surface area contributed by atoms with Crippen LogP contribution in [0.4, 0.5) is 13.2 Å². The van der Waals surface area contributed by atoms with Crippen LogP contribution in [-0.2, 0) is 6.18 Å². The summed E-state index contributed by atoms with van der Waals surface area (Å²) < 4.78 is 37.8. The van der Waals surface area contributed by atoms with Gasteiger partial charge in [0.2, 0.25) is 0 Å². The molecule has 2 rings (SSSR count). The molecule has 20 heavy (non-hydrogen) atoms. The van der Waals surface area contributed by atoms with Crippen LogP contribution in [-0.4, -0.2) is 9.97 Å². The van der Waals surface area contributed by atoms with Crippen LogP contribution in [0.1, 0.15) is 34.1 Å². The first-order chi connectivity index (χ1) is 9.29. The van der Waals surface area contributed by atoms with Crippen LogP contribution in [0.3, 0.4) is 0 Å². The SMILES string of the molecule is Cc1cnc(C(N)c2ccc(C(F)(F)F)cc2C)nc1. The quantitative estimate of drug-likeness (QED) is 0.920. The average Bonchev–Trinajstić information content (AvgIpc) is 2.37. The largest absolute Gasteiger partial charge is 0.416 e. The van der Waals surface area contributed by atoms with E-state index in [2.05, 4.69) is 9.97 Å². The van der Waals surface area contributed by atoms with Gasteiger partial charge >= 0.3 is 6.18 Å². The summed E-state index contributed by atoms with van der Waals surface area (Å²) >= 11 is 0. The zero-order valence-corrected chi connectivity index (χ0v) is 11.1. The Kier molecular flexibility index (Phi) is 3.76. The van der Waals surface area contributed by atoms with Gasteiger partial charge in [-0.25, -0.2) is 9.97 Å². The molecule has 1 aromatic heterocycles. The highest BCUT2D eigenvalue weighted by molar-refractivity contribution is 5.36. The molecule has 0 aliphatic carbocycles. The zero-order chi connectivity index (χ0) is 14.9. The maximum absolute atomic E-state index is 12.6. The molecule has 1 unspecified atom stereocenters. The fourth-order valence-electron chi connectivity index (χ4n) is 1.90. The number of rotatable bonds is 2. The molecule has 0 aliphatic heterocycles. The maximum atomic E-state index is 12.6. The Morgan fingerprint density at radius 2 is 1.70 bits per heavy atom. The van der Waals surface area contributed by atoms with Gasteiger partial charge in [0.1, 0.15) is 5.82 Å². The number of nitrogens with two attached hydrogens (primary N) is 1. The average molecular weight is 281 g/mol. The smallest absolute Gasteiger partial charge is 0.318 e. The molecule has 1 heterocycles. The van der Waals surface area contributed by atoms with Crippen molar-refractivity contribution >= 4 is 0 Å². The molecule has 1 atom stereocenters. The number of benzene rings is 1. The van der Waals surface area contributed by atoms with Crippen molar-refractivity contribution in [2.45, 2.75) is 26.1 Å². The highest BCUT2D eigenvalue weighted by Gasteiger charge is 2.31. The molecule has 0 amide bonds. The van der Waals surface area contributed by atoms with Gasteiger partial charge in [0.25, 0.3) is 0 Å². The molecule has 106 valence electrons. The van der Waals surface area contributed by atoms with E-state index < -0.39 is 17.8 Å². The highest BCUT2D eigenvalue weighted by atomic mass is 19.4. The number of halogens is 3. The summed E-state index contributed by atoms with van der Waals surface area (Å²) in [4.78, 5) is 8.22. The molecule has 0 saturated heterocycles. The molecule has 1 aromatic carbocycles. The van der Waals surface area contributed by atoms with Crippen molar-refractivity contribution in [1.29, 1.82) is 0 Å². The summed E-state index contributed by atoms with van der Waals surface area (Å²) in [6, 6.07) is 2.85. The van der Waals surface area contributed by atoms with Crippen LogP contribution in [0, 0.1) is 13.8 Å². The van der Waals surface area contributed by atoms with Crippen molar-refractivity contribution in [3.05, 3.63) is 58.7 Å². The van der Waals surface area contributed by atoms with Crippen molar-refractivity contribution in [2.75, 3.05) is 0 Å². The summed E-state index contributed by atoms with van der Waals surface area (Å²) in [5, 5.41) is 0. The van der Waals surface area contributed by atoms with Gasteiger partial charge in [0.05, 0.1) is 11.6 Å². The minimum absolute atomic E-state index is 0.387. The van der Waals surface area contributed by atoms with E-state index in [0.29, 0.717) is 17.0 Å². The second-order valence-corrected chi connectivity index (χ2v) is 4.67. The lowest BCUT2D eigenvalue weighted by molar-refractivity contribution is -0.137. The van der Waals surface area contributed by atoms with Crippen LogP contribution in [0.5, 0.6) is 0 Å². The van der Waals surface area contributed by atoms with E-state index in [-0.39, 0.29) is 0 Å². The van der Waals surface area contributed by atoms with Gasteiger partial charge in [-0.3, -0.25) is 0 Å².